The zero-order chi connectivity index (χ0) is 15.8. The molecule has 1 amide bonds. The molecule has 0 radical (unpaired) electrons. The third kappa shape index (κ3) is 3.69. The number of halogens is 2. The van der Waals surface area contributed by atoms with E-state index in [1.807, 2.05) is 0 Å². The first-order chi connectivity index (χ1) is 9.70. The third-order valence-electron chi connectivity index (χ3n) is 3.48. The van der Waals surface area contributed by atoms with Gasteiger partial charge in [-0.1, -0.05) is 23.2 Å². The van der Waals surface area contributed by atoms with Crippen molar-refractivity contribution >= 4 is 38.9 Å². The molecule has 0 bridgehead atoms. The maximum Gasteiger partial charge on any atom is 0.255 e. The fourth-order valence-electron chi connectivity index (χ4n) is 2.25. The number of amides is 1. The van der Waals surface area contributed by atoms with E-state index in [0.29, 0.717) is 13.1 Å². The van der Waals surface area contributed by atoms with Gasteiger partial charge in [0.2, 0.25) is 0 Å². The lowest BCUT2D eigenvalue weighted by Crippen LogP contribution is -2.43. The molecular weight excluding hydrogens is 335 g/mol. The van der Waals surface area contributed by atoms with Crippen LogP contribution in [0.25, 0.3) is 0 Å². The van der Waals surface area contributed by atoms with E-state index in [4.69, 9.17) is 28.9 Å². The molecule has 2 rings (SSSR count). The van der Waals surface area contributed by atoms with Gasteiger partial charge in [0.25, 0.3) is 5.91 Å². The second-order valence-corrected chi connectivity index (χ2v) is 7.96. The maximum absolute atomic E-state index is 12.5. The Balaban J connectivity index is 2.37. The standard InChI is InChI=1S/C13H16Cl2N2O3S/c1-21(19,20)12-6-9(10(14)7-11(12)15)13(18)17-4-2-8(16)3-5-17/h6-8H,2-5,16H2,1H3. The fourth-order valence-corrected chi connectivity index (χ4v) is 3.88. The quantitative estimate of drug-likeness (QED) is 0.883. The number of nitrogens with two attached hydrogens (primary N) is 1. The van der Waals surface area contributed by atoms with E-state index in [9.17, 15) is 13.2 Å². The van der Waals surface area contributed by atoms with Crippen LogP contribution in [0.3, 0.4) is 0 Å². The highest BCUT2D eigenvalue weighted by Gasteiger charge is 2.25. The van der Waals surface area contributed by atoms with Gasteiger partial charge in [-0.25, -0.2) is 8.42 Å². The van der Waals surface area contributed by atoms with E-state index in [1.54, 1.807) is 4.90 Å². The van der Waals surface area contributed by atoms with Crippen LogP contribution in [-0.4, -0.2) is 44.6 Å². The lowest BCUT2D eigenvalue weighted by molar-refractivity contribution is 0.0714. The summed E-state index contributed by atoms with van der Waals surface area (Å²) in [6, 6.07) is 2.64. The number of hydrogen-bond donors (Lipinski definition) is 1. The predicted octanol–water partition coefficient (Wildman–Crippen LogP) is 1.96. The summed E-state index contributed by atoms with van der Waals surface area (Å²) in [6.45, 7) is 1.07. The van der Waals surface area contributed by atoms with Gasteiger partial charge in [0.15, 0.2) is 9.84 Å². The van der Waals surface area contributed by atoms with Crippen molar-refractivity contribution in [2.24, 2.45) is 5.73 Å². The zero-order valence-corrected chi connectivity index (χ0v) is 13.8. The van der Waals surface area contributed by atoms with E-state index in [-0.39, 0.29) is 32.5 Å². The monoisotopic (exact) mass is 350 g/mol. The van der Waals surface area contributed by atoms with E-state index < -0.39 is 9.84 Å². The number of hydrogen-bond acceptors (Lipinski definition) is 4. The summed E-state index contributed by atoms with van der Waals surface area (Å²) < 4.78 is 23.4. The van der Waals surface area contributed by atoms with Crippen LogP contribution in [0.15, 0.2) is 17.0 Å². The van der Waals surface area contributed by atoms with E-state index in [2.05, 4.69) is 0 Å². The largest absolute Gasteiger partial charge is 0.338 e. The first-order valence-electron chi connectivity index (χ1n) is 6.44. The molecule has 1 heterocycles. The van der Waals surface area contributed by atoms with Gasteiger partial charge in [-0.2, -0.15) is 0 Å². The first-order valence-corrected chi connectivity index (χ1v) is 9.09. The fraction of sp³-hybridized carbons (Fsp3) is 0.462. The number of piperidine rings is 1. The molecule has 0 aliphatic carbocycles. The van der Waals surface area contributed by atoms with Crippen LogP contribution in [0, 0.1) is 0 Å². The molecular formula is C13H16Cl2N2O3S. The van der Waals surface area contributed by atoms with Gasteiger partial charge in [-0.15, -0.1) is 0 Å². The Labute approximate surface area is 133 Å². The van der Waals surface area contributed by atoms with Crippen LogP contribution in [0.1, 0.15) is 23.2 Å². The lowest BCUT2D eigenvalue weighted by atomic mass is 10.0. The minimum Gasteiger partial charge on any atom is -0.338 e. The van der Waals surface area contributed by atoms with Crippen molar-refractivity contribution in [2.75, 3.05) is 19.3 Å². The van der Waals surface area contributed by atoms with Gasteiger partial charge in [0.1, 0.15) is 0 Å². The molecule has 1 saturated heterocycles. The maximum atomic E-state index is 12.5. The van der Waals surface area contributed by atoms with E-state index >= 15 is 0 Å². The van der Waals surface area contributed by atoms with Crippen molar-refractivity contribution in [3.05, 3.63) is 27.7 Å². The smallest absolute Gasteiger partial charge is 0.255 e. The molecule has 1 fully saturated rings. The Kier molecular flexibility index (Phi) is 4.82. The van der Waals surface area contributed by atoms with Crippen molar-refractivity contribution in [3.63, 3.8) is 0 Å². The van der Waals surface area contributed by atoms with Crippen LogP contribution < -0.4 is 5.73 Å². The molecule has 0 aromatic heterocycles. The van der Waals surface area contributed by atoms with Gasteiger partial charge in [0.05, 0.1) is 20.5 Å². The molecule has 0 atom stereocenters. The topological polar surface area (TPSA) is 80.5 Å². The average Bonchev–Trinajstić information content (AvgIpc) is 2.37. The molecule has 5 nitrogen and oxygen atoms in total. The second kappa shape index (κ2) is 6.12. The molecule has 0 unspecified atom stereocenters. The van der Waals surface area contributed by atoms with Crippen molar-refractivity contribution in [2.45, 2.75) is 23.8 Å². The number of rotatable bonds is 2. The van der Waals surface area contributed by atoms with Crippen LogP contribution in [-0.2, 0) is 9.84 Å². The first kappa shape index (κ1) is 16.5. The number of benzene rings is 1. The number of carbonyl (C=O) groups is 1. The minimum atomic E-state index is -3.53. The Morgan fingerprint density at radius 3 is 2.33 bits per heavy atom. The summed E-state index contributed by atoms with van der Waals surface area (Å²) in [5.41, 5.74) is 5.96. The molecule has 0 spiro atoms. The number of sulfone groups is 1. The minimum absolute atomic E-state index is 0.0136. The normalized spacial score (nSPS) is 17.0. The highest BCUT2D eigenvalue weighted by atomic mass is 35.5. The van der Waals surface area contributed by atoms with E-state index in [1.165, 1.54) is 12.1 Å². The molecule has 1 aliphatic rings. The molecule has 1 aromatic carbocycles. The highest BCUT2D eigenvalue weighted by Crippen LogP contribution is 2.30. The zero-order valence-electron chi connectivity index (χ0n) is 11.5. The predicted molar refractivity (Wildman–Crippen MR) is 82.7 cm³/mol. The molecule has 8 heteroatoms. The lowest BCUT2D eigenvalue weighted by Gasteiger charge is -2.30. The average molecular weight is 351 g/mol. The Morgan fingerprint density at radius 1 is 1.24 bits per heavy atom. The van der Waals surface area contributed by atoms with Gasteiger partial charge >= 0.3 is 0 Å². The summed E-state index contributed by atoms with van der Waals surface area (Å²) in [7, 11) is -3.53. The van der Waals surface area contributed by atoms with Crippen LogP contribution in [0.4, 0.5) is 0 Å². The van der Waals surface area contributed by atoms with E-state index in [0.717, 1.165) is 19.1 Å². The van der Waals surface area contributed by atoms with Gasteiger partial charge in [0, 0.05) is 25.4 Å². The Hall–Kier alpha value is -0.820. The summed E-state index contributed by atoms with van der Waals surface area (Å²) in [4.78, 5) is 14.0. The van der Waals surface area contributed by atoms with Gasteiger partial charge in [-0.3, -0.25) is 4.79 Å². The molecule has 1 aromatic rings. The molecule has 116 valence electrons. The number of likely N-dealkylation sites (tertiary alicyclic amines) is 1. The highest BCUT2D eigenvalue weighted by molar-refractivity contribution is 7.90. The number of nitrogens with zero attached hydrogens (tertiary/aromatic N) is 1. The van der Waals surface area contributed by atoms with Crippen molar-refractivity contribution in [3.8, 4) is 0 Å². The summed E-state index contributed by atoms with van der Waals surface area (Å²) >= 11 is 11.9. The molecule has 2 N–H and O–H groups in total. The Morgan fingerprint density at radius 2 is 1.81 bits per heavy atom. The van der Waals surface area contributed by atoms with Crippen LogP contribution >= 0.6 is 23.2 Å². The van der Waals surface area contributed by atoms with Gasteiger partial charge in [-0.05, 0) is 25.0 Å². The number of carbonyl (C=O) groups excluding carboxylic acids is 1. The van der Waals surface area contributed by atoms with Crippen molar-refractivity contribution in [1.29, 1.82) is 0 Å². The third-order valence-corrected chi connectivity index (χ3v) is 5.35. The van der Waals surface area contributed by atoms with Gasteiger partial charge < -0.3 is 10.6 Å². The summed E-state index contributed by atoms with van der Waals surface area (Å²) in [6.07, 6.45) is 2.47. The van der Waals surface area contributed by atoms with Crippen molar-refractivity contribution in [1.82, 2.24) is 4.90 Å². The molecule has 1 aliphatic heterocycles. The molecule has 0 saturated carbocycles. The Bertz CT molecular complexity index is 668. The second-order valence-electron chi connectivity index (χ2n) is 5.16. The SMILES string of the molecule is CS(=O)(=O)c1cc(C(=O)N2CCC(N)CC2)c(Cl)cc1Cl. The van der Waals surface area contributed by atoms with Crippen molar-refractivity contribution < 1.29 is 13.2 Å². The van der Waals surface area contributed by atoms with Crippen LogP contribution in [0.2, 0.25) is 10.0 Å². The van der Waals surface area contributed by atoms with Crippen LogP contribution in [0.5, 0.6) is 0 Å². The summed E-state index contributed by atoms with van der Waals surface area (Å²) in [5.74, 6) is -0.298. The molecule has 21 heavy (non-hydrogen) atoms. The summed E-state index contributed by atoms with van der Waals surface area (Å²) in [5, 5.41) is 0.159.